The molecule has 28 heavy (non-hydrogen) atoms. The van der Waals surface area contributed by atoms with Gasteiger partial charge in [-0.15, -0.1) is 0 Å². The Kier molecular flexibility index (Phi) is 10.8. The Hall–Kier alpha value is -1.33. The normalized spacial score (nSPS) is 23.5. The zero-order valence-electron chi connectivity index (χ0n) is 19.0. The Balaban J connectivity index is 2.42. The van der Waals surface area contributed by atoms with Crippen LogP contribution in [0.2, 0.25) is 0 Å². The first-order valence-corrected chi connectivity index (χ1v) is 10.8. The van der Waals surface area contributed by atoms with Gasteiger partial charge in [-0.1, -0.05) is 30.7 Å². The van der Waals surface area contributed by atoms with Gasteiger partial charge in [0.15, 0.2) is 0 Å². The Bertz CT molecular complexity index is 522. The molecule has 1 amide bonds. The predicted octanol–water partition coefficient (Wildman–Crippen LogP) is 4.98. The van der Waals surface area contributed by atoms with Gasteiger partial charge in [-0.25, -0.2) is 4.79 Å². The van der Waals surface area contributed by atoms with Crippen molar-refractivity contribution in [3.8, 4) is 0 Å². The smallest absolute Gasteiger partial charge is 0.407 e. The molecule has 5 nitrogen and oxygen atoms in total. The molecule has 0 aromatic carbocycles. The molecule has 0 aromatic heterocycles. The number of piperidine rings is 1. The molecule has 2 N–H and O–H groups in total. The summed E-state index contributed by atoms with van der Waals surface area (Å²) in [6, 6.07) is 0.165. The van der Waals surface area contributed by atoms with Crippen LogP contribution in [0, 0.1) is 5.92 Å². The molecule has 0 saturated carbocycles. The largest absolute Gasteiger partial charge is 0.444 e. The third-order valence-corrected chi connectivity index (χ3v) is 5.18. The first-order chi connectivity index (χ1) is 13.1. The van der Waals surface area contributed by atoms with Crippen molar-refractivity contribution in [2.75, 3.05) is 13.2 Å². The first kappa shape index (κ1) is 24.7. The highest BCUT2D eigenvalue weighted by Crippen LogP contribution is 2.19. The third kappa shape index (κ3) is 10.3. The molecule has 1 saturated heterocycles. The maximum atomic E-state index is 12.1. The zero-order valence-corrected chi connectivity index (χ0v) is 19.0. The predicted molar refractivity (Wildman–Crippen MR) is 117 cm³/mol. The minimum Gasteiger partial charge on any atom is -0.444 e. The molecule has 0 aliphatic carbocycles. The minimum atomic E-state index is -0.483. The molecule has 1 aliphatic heterocycles. The Morgan fingerprint density at radius 1 is 1.29 bits per heavy atom. The summed E-state index contributed by atoms with van der Waals surface area (Å²) in [4.78, 5) is 12.1. The number of hydrogen-bond acceptors (Lipinski definition) is 4. The van der Waals surface area contributed by atoms with Crippen LogP contribution in [0.25, 0.3) is 0 Å². The lowest BCUT2D eigenvalue weighted by Crippen LogP contribution is -2.56. The Morgan fingerprint density at radius 3 is 2.64 bits per heavy atom. The van der Waals surface area contributed by atoms with Gasteiger partial charge in [0.2, 0.25) is 0 Å². The zero-order chi connectivity index (χ0) is 21.2. The van der Waals surface area contributed by atoms with Crippen LogP contribution in [0.5, 0.6) is 0 Å². The van der Waals surface area contributed by atoms with E-state index in [0.717, 1.165) is 32.2 Å². The van der Waals surface area contributed by atoms with Crippen molar-refractivity contribution in [1.82, 2.24) is 10.6 Å². The molecular formula is C23H42N2O3. The van der Waals surface area contributed by atoms with Crippen LogP contribution in [0.1, 0.15) is 74.1 Å². The van der Waals surface area contributed by atoms with Crippen molar-refractivity contribution in [2.24, 2.45) is 5.92 Å². The van der Waals surface area contributed by atoms with E-state index in [1.165, 1.54) is 5.57 Å². The molecular weight excluding hydrogens is 352 g/mol. The van der Waals surface area contributed by atoms with Gasteiger partial charge in [-0.2, -0.15) is 0 Å². The van der Waals surface area contributed by atoms with Crippen molar-refractivity contribution in [3.63, 3.8) is 0 Å². The summed E-state index contributed by atoms with van der Waals surface area (Å²) in [5.41, 5.74) is 0.920. The van der Waals surface area contributed by atoms with Crippen molar-refractivity contribution >= 4 is 6.09 Å². The second-order valence-corrected chi connectivity index (χ2v) is 9.01. The lowest BCUT2D eigenvalue weighted by Gasteiger charge is -2.34. The number of carbonyl (C=O) groups is 1. The van der Waals surface area contributed by atoms with Gasteiger partial charge in [-0.05, 0) is 79.7 Å². The highest BCUT2D eigenvalue weighted by atomic mass is 16.6. The fourth-order valence-electron chi connectivity index (χ4n) is 3.24. The van der Waals surface area contributed by atoms with Crippen molar-refractivity contribution < 1.29 is 14.3 Å². The summed E-state index contributed by atoms with van der Waals surface area (Å²) in [6.07, 6.45) is 10.3. The molecule has 0 radical (unpaired) electrons. The van der Waals surface area contributed by atoms with E-state index in [2.05, 4.69) is 49.6 Å². The molecule has 1 fully saturated rings. The summed E-state index contributed by atoms with van der Waals surface area (Å²) < 4.78 is 11.5. The standard InChI is InChI=1S/C23H42N2O3/c1-8-9-11-17(2)18(3)13-14-19(4)27-16-21-20(12-10-15-24-21)25-22(26)28-23(5,6)7/h8-9,11,18-21,24H,10,12-16H2,1-7H3,(H,25,26)/b9-8-,17-11+/t18-,19+,20?,21?/m0/s1. The van der Waals surface area contributed by atoms with E-state index in [1.54, 1.807) is 0 Å². The Morgan fingerprint density at radius 2 is 2.00 bits per heavy atom. The Labute approximate surface area is 172 Å². The molecule has 0 aromatic rings. The number of alkyl carbamates (subject to hydrolysis) is 1. The fourth-order valence-corrected chi connectivity index (χ4v) is 3.24. The molecule has 4 atom stereocenters. The topological polar surface area (TPSA) is 59.6 Å². The quantitative estimate of drug-likeness (QED) is 0.542. The van der Waals surface area contributed by atoms with Crippen LogP contribution < -0.4 is 10.6 Å². The van der Waals surface area contributed by atoms with Gasteiger partial charge in [0.25, 0.3) is 0 Å². The monoisotopic (exact) mass is 394 g/mol. The lowest BCUT2D eigenvalue weighted by atomic mass is 9.95. The summed E-state index contributed by atoms with van der Waals surface area (Å²) in [7, 11) is 0. The van der Waals surface area contributed by atoms with Crippen LogP contribution in [-0.2, 0) is 9.47 Å². The highest BCUT2D eigenvalue weighted by Gasteiger charge is 2.28. The van der Waals surface area contributed by atoms with Gasteiger partial charge in [0.05, 0.1) is 18.8 Å². The van der Waals surface area contributed by atoms with E-state index in [4.69, 9.17) is 9.47 Å². The average Bonchev–Trinajstić information content (AvgIpc) is 2.61. The SMILES string of the molecule is C/C=C\C=C(/C)[C@@H](C)CC[C@@H](C)OCC1NCCCC1NC(=O)OC(C)(C)C. The van der Waals surface area contributed by atoms with E-state index in [0.29, 0.717) is 12.5 Å². The van der Waals surface area contributed by atoms with Crippen molar-refractivity contribution in [2.45, 2.75) is 97.9 Å². The van der Waals surface area contributed by atoms with Crippen LogP contribution in [0.15, 0.2) is 23.8 Å². The minimum absolute atomic E-state index is 0.0423. The van der Waals surface area contributed by atoms with Gasteiger partial charge in [0.1, 0.15) is 5.60 Å². The molecule has 1 rings (SSSR count). The number of rotatable bonds is 9. The van der Waals surface area contributed by atoms with Crippen LogP contribution >= 0.6 is 0 Å². The van der Waals surface area contributed by atoms with Gasteiger partial charge < -0.3 is 20.1 Å². The molecule has 162 valence electrons. The summed E-state index contributed by atoms with van der Waals surface area (Å²) in [5.74, 6) is 0.552. The van der Waals surface area contributed by atoms with E-state index in [1.807, 2.05) is 27.7 Å². The van der Waals surface area contributed by atoms with Gasteiger partial charge in [0, 0.05) is 6.04 Å². The molecule has 1 heterocycles. The van der Waals surface area contributed by atoms with Crippen LogP contribution in [0.4, 0.5) is 4.79 Å². The number of carbonyl (C=O) groups excluding carboxylic acids is 1. The number of hydrogen-bond donors (Lipinski definition) is 2. The maximum absolute atomic E-state index is 12.1. The molecule has 2 unspecified atom stereocenters. The average molecular weight is 395 g/mol. The molecule has 5 heteroatoms. The van der Waals surface area contributed by atoms with Gasteiger partial charge >= 0.3 is 6.09 Å². The number of ether oxygens (including phenoxy) is 2. The number of allylic oxidation sites excluding steroid dienone is 4. The molecule has 0 spiro atoms. The van der Waals surface area contributed by atoms with Crippen LogP contribution in [0.3, 0.4) is 0 Å². The third-order valence-electron chi connectivity index (χ3n) is 5.18. The summed E-state index contributed by atoms with van der Waals surface area (Å²) >= 11 is 0. The maximum Gasteiger partial charge on any atom is 0.407 e. The summed E-state index contributed by atoms with van der Waals surface area (Å²) in [5, 5.41) is 6.50. The van der Waals surface area contributed by atoms with Crippen molar-refractivity contribution in [3.05, 3.63) is 23.8 Å². The van der Waals surface area contributed by atoms with Gasteiger partial charge in [-0.3, -0.25) is 0 Å². The second-order valence-electron chi connectivity index (χ2n) is 9.01. The highest BCUT2D eigenvalue weighted by molar-refractivity contribution is 5.68. The van der Waals surface area contributed by atoms with Crippen molar-refractivity contribution in [1.29, 1.82) is 0 Å². The van der Waals surface area contributed by atoms with E-state index < -0.39 is 5.60 Å². The van der Waals surface area contributed by atoms with E-state index in [-0.39, 0.29) is 24.3 Å². The molecule has 1 aliphatic rings. The fraction of sp³-hybridized carbons (Fsp3) is 0.783. The lowest BCUT2D eigenvalue weighted by molar-refractivity contribution is 0.0238. The summed E-state index contributed by atoms with van der Waals surface area (Å²) in [6.45, 7) is 15.8. The number of amides is 1. The second kappa shape index (κ2) is 12.3. The van der Waals surface area contributed by atoms with Crippen LogP contribution in [-0.4, -0.2) is 43.0 Å². The van der Waals surface area contributed by atoms with E-state index in [9.17, 15) is 4.79 Å². The van der Waals surface area contributed by atoms with E-state index >= 15 is 0 Å². The number of nitrogens with one attached hydrogen (secondary N) is 2. The molecule has 0 bridgehead atoms. The first-order valence-electron chi connectivity index (χ1n) is 10.8.